The van der Waals surface area contributed by atoms with Crippen molar-refractivity contribution in [3.05, 3.63) is 105 Å². The van der Waals surface area contributed by atoms with E-state index in [1.54, 1.807) is 42.3 Å². The molecule has 0 saturated carbocycles. The van der Waals surface area contributed by atoms with Crippen LogP contribution in [0.1, 0.15) is 131 Å². The molecule has 0 aromatic heterocycles. The van der Waals surface area contributed by atoms with E-state index in [1.807, 2.05) is 59.2 Å². The number of amides is 7. The highest BCUT2D eigenvalue weighted by Crippen LogP contribution is 2.42. The van der Waals surface area contributed by atoms with Crippen molar-refractivity contribution in [1.29, 1.82) is 0 Å². The molecule has 0 saturated heterocycles. The first-order chi connectivity index (χ1) is 38.7. The maximum Gasteiger partial charge on any atom is 0.416 e. The average Bonchev–Trinajstić information content (AvgIpc) is 3.84. The molecule has 3 aromatic carbocycles. The standard InChI is InChI=1S/C60H70BrN7O13/c1-34(2)54(64-52(70)14-10-8-11-19-65-53(71)27-44(61)58(65)75)48(69)25-38(6)55(72)63-40-17-15-39(16-18-40)33-81-60(77)68-46-29-51(50(78-7)26-43(46)57(74)67-32-36(4)23-47(67)59(68)76)80-21-13-9-12-20-79-49-28-45-42(24-37(49)5)56(73)66-31-35(3)22-41(66)30-62-45/h15-18,24,26-32,34,38,41,47,54,59,76H,8-14,19-23,25,33H2,1-7H3,(H,63,72)(H,64,70)/t38-,41+,47+,54+,59+/m0/s1. The van der Waals surface area contributed by atoms with Gasteiger partial charge in [0.2, 0.25) is 11.8 Å². The smallest absolute Gasteiger partial charge is 0.416 e. The molecule has 5 aliphatic heterocycles. The molecule has 430 valence electrons. The Labute approximate surface area is 479 Å². The molecule has 81 heavy (non-hydrogen) atoms. The normalized spacial score (nSPS) is 18.9. The van der Waals surface area contributed by atoms with Crippen molar-refractivity contribution >= 4 is 86.5 Å². The molecule has 21 heteroatoms. The second kappa shape index (κ2) is 26.3. The molecule has 8 rings (SSSR count). The Morgan fingerprint density at radius 2 is 1.47 bits per heavy atom. The van der Waals surface area contributed by atoms with E-state index in [2.05, 4.69) is 31.6 Å². The van der Waals surface area contributed by atoms with Crippen LogP contribution in [0, 0.1) is 18.8 Å². The van der Waals surface area contributed by atoms with Crippen LogP contribution in [0.3, 0.4) is 0 Å². The van der Waals surface area contributed by atoms with Crippen LogP contribution in [0.2, 0.25) is 0 Å². The van der Waals surface area contributed by atoms with Gasteiger partial charge in [-0.25, -0.2) is 9.69 Å². The molecule has 5 atom stereocenters. The number of nitrogens with one attached hydrogen (secondary N) is 2. The number of rotatable bonds is 24. The van der Waals surface area contributed by atoms with Gasteiger partial charge in [0.05, 0.1) is 65.4 Å². The number of imide groups is 1. The van der Waals surface area contributed by atoms with Gasteiger partial charge in [0.15, 0.2) is 23.5 Å². The van der Waals surface area contributed by atoms with Gasteiger partial charge in [-0.3, -0.25) is 43.5 Å². The molecule has 0 bridgehead atoms. The fourth-order valence-electron chi connectivity index (χ4n) is 10.4. The van der Waals surface area contributed by atoms with Crippen LogP contribution in [-0.2, 0) is 35.3 Å². The second-order valence-corrected chi connectivity index (χ2v) is 22.4. The summed E-state index contributed by atoms with van der Waals surface area (Å²) in [6.07, 6.45) is 9.00. The zero-order valence-corrected chi connectivity index (χ0v) is 48.3. The topological polar surface area (TPSA) is 243 Å². The van der Waals surface area contributed by atoms with Crippen molar-refractivity contribution in [2.24, 2.45) is 16.8 Å². The maximum absolute atomic E-state index is 14.2. The average molecular weight is 1180 g/mol. The molecule has 0 spiro atoms. The highest BCUT2D eigenvalue weighted by molar-refractivity contribution is 9.12. The number of halogens is 1. The van der Waals surface area contributed by atoms with Gasteiger partial charge in [0, 0.05) is 67.8 Å². The van der Waals surface area contributed by atoms with Crippen LogP contribution in [0.15, 0.2) is 87.6 Å². The van der Waals surface area contributed by atoms with Gasteiger partial charge in [-0.2, -0.15) is 0 Å². The number of hydrogen-bond donors (Lipinski definition) is 3. The zero-order valence-electron chi connectivity index (χ0n) is 46.8. The van der Waals surface area contributed by atoms with Crippen LogP contribution >= 0.6 is 15.9 Å². The first-order valence-electron chi connectivity index (χ1n) is 27.5. The first kappa shape index (κ1) is 59.5. The molecule has 5 heterocycles. The molecule has 3 N–H and O–H groups in total. The second-order valence-electron chi connectivity index (χ2n) is 21.6. The van der Waals surface area contributed by atoms with Gasteiger partial charge in [-0.15, -0.1) is 0 Å². The van der Waals surface area contributed by atoms with Crippen molar-refractivity contribution < 1.29 is 62.4 Å². The van der Waals surface area contributed by atoms with E-state index in [9.17, 15) is 43.5 Å². The van der Waals surface area contributed by atoms with E-state index in [0.29, 0.717) is 73.4 Å². The molecule has 5 aliphatic rings. The number of aliphatic imine (C=N–C) groups is 1. The minimum Gasteiger partial charge on any atom is -0.493 e. The van der Waals surface area contributed by atoms with Gasteiger partial charge in [-0.1, -0.05) is 50.5 Å². The Morgan fingerprint density at radius 1 is 0.790 bits per heavy atom. The summed E-state index contributed by atoms with van der Waals surface area (Å²) in [6.45, 7) is 11.7. The number of aliphatic hydroxyl groups is 1. The van der Waals surface area contributed by atoms with Crippen LogP contribution in [0.5, 0.6) is 17.2 Å². The number of methoxy groups -OCH3 is 1. The number of aryl methyl sites for hydroxylation is 1. The SMILES string of the molecule is COc1cc2c(cc1OCCCCCOc1cc3c(cc1C)C(=O)N1C=C(C)C[C@@H]1C=N3)N(C(=O)OCc1ccc(NC(=O)[C@@H](C)CC(=O)[C@H](NC(=O)CCCCCN3C(=O)C=C(Br)C3=O)C(C)C)cc1)[C@H](O)[C@H]1CC(C)=CN1C2=O. The van der Waals surface area contributed by atoms with Crippen LogP contribution < -0.4 is 29.7 Å². The van der Waals surface area contributed by atoms with Gasteiger partial charge >= 0.3 is 6.09 Å². The monoisotopic (exact) mass is 1180 g/mol. The van der Waals surface area contributed by atoms with E-state index in [4.69, 9.17) is 18.9 Å². The zero-order chi connectivity index (χ0) is 58.2. The number of fused-ring (bicyclic) bond motifs is 4. The lowest BCUT2D eigenvalue weighted by molar-refractivity contribution is -0.137. The number of hydrogen-bond acceptors (Lipinski definition) is 14. The molecule has 0 fully saturated rings. The van der Waals surface area contributed by atoms with Crippen molar-refractivity contribution in [2.75, 3.05) is 37.1 Å². The molecule has 3 aromatic rings. The highest BCUT2D eigenvalue weighted by Gasteiger charge is 2.45. The largest absolute Gasteiger partial charge is 0.493 e. The number of Topliss-reactive ketones (excluding diaryl/α,β-unsaturated/α-hetero) is 1. The minimum atomic E-state index is -1.50. The van der Waals surface area contributed by atoms with E-state index < -0.39 is 42.1 Å². The third-order valence-corrected chi connectivity index (χ3v) is 15.4. The molecule has 7 amide bonds. The minimum absolute atomic E-state index is 0.0781. The van der Waals surface area contributed by atoms with Crippen molar-refractivity contribution in [3.63, 3.8) is 0 Å². The number of nitrogens with zero attached hydrogens (tertiary/aromatic N) is 5. The maximum atomic E-state index is 14.2. The van der Waals surface area contributed by atoms with Gasteiger partial charge in [0.1, 0.15) is 12.4 Å². The number of carbonyl (C=O) groups excluding carboxylic acids is 8. The van der Waals surface area contributed by atoms with Crippen LogP contribution in [-0.4, -0.2) is 125 Å². The lowest BCUT2D eigenvalue weighted by Gasteiger charge is -2.31. The third-order valence-electron chi connectivity index (χ3n) is 14.9. The Morgan fingerprint density at radius 3 is 2.16 bits per heavy atom. The Kier molecular flexibility index (Phi) is 19.3. The van der Waals surface area contributed by atoms with Crippen LogP contribution in [0.4, 0.5) is 21.9 Å². The summed E-state index contributed by atoms with van der Waals surface area (Å²) in [5.74, 6) is -2.08. The molecule has 0 radical (unpaired) electrons. The first-order valence-corrected chi connectivity index (χ1v) is 28.3. The predicted octanol–water partition coefficient (Wildman–Crippen LogP) is 8.94. The van der Waals surface area contributed by atoms with E-state index >= 15 is 0 Å². The fourth-order valence-corrected chi connectivity index (χ4v) is 10.8. The quantitative estimate of drug-likeness (QED) is 0.0561. The Hall–Kier alpha value is -7.65. The summed E-state index contributed by atoms with van der Waals surface area (Å²) >= 11 is 3.07. The van der Waals surface area contributed by atoms with Gasteiger partial charge < -0.3 is 44.5 Å². The van der Waals surface area contributed by atoms with Crippen molar-refractivity contribution in [3.8, 4) is 17.2 Å². The molecule has 20 nitrogen and oxygen atoms in total. The summed E-state index contributed by atoms with van der Waals surface area (Å²) in [6, 6.07) is 11.5. The third kappa shape index (κ3) is 13.9. The number of anilines is 2. The number of ketones is 1. The molecule has 0 unspecified atom stereocenters. The lowest BCUT2D eigenvalue weighted by atomic mass is 9.92. The number of aliphatic hydroxyl groups excluding tert-OH is 1. The number of carbonyl (C=O) groups is 8. The lowest BCUT2D eigenvalue weighted by Crippen LogP contribution is -2.50. The summed E-state index contributed by atoms with van der Waals surface area (Å²) < 4.78 is 24.1. The summed E-state index contributed by atoms with van der Waals surface area (Å²) in [5, 5.41) is 17.6. The van der Waals surface area contributed by atoms with Gasteiger partial charge in [-0.05, 0) is 123 Å². The van der Waals surface area contributed by atoms with E-state index in [1.165, 1.54) is 30.2 Å². The fraction of sp³-hybridized carbons (Fsp3) is 0.450. The number of benzene rings is 3. The highest BCUT2D eigenvalue weighted by atomic mass is 79.9. The Bertz CT molecular complexity index is 3100. The van der Waals surface area contributed by atoms with E-state index in [-0.39, 0.29) is 101 Å². The van der Waals surface area contributed by atoms with E-state index in [0.717, 1.165) is 39.4 Å². The van der Waals surface area contributed by atoms with Crippen molar-refractivity contribution in [2.45, 2.75) is 137 Å². The summed E-state index contributed by atoms with van der Waals surface area (Å²) in [5.41, 5.74) is 5.10. The number of ether oxygens (including phenoxy) is 4. The molecule has 0 aliphatic carbocycles. The Balaban J connectivity index is 0.821. The molecular formula is C60H70BrN7O13. The predicted molar refractivity (Wildman–Crippen MR) is 305 cm³/mol. The summed E-state index contributed by atoms with van der Waals surface area (Å²) in [4.78, 5) is 115. The van der Waals surface area contributed by atoms with Crippen molar-refractivity contribution in [1.82, 2.24) is 20.0 Å². The van der Waals surface area contributed by atoms with Crippen LogP contribution in [0.25, 0.3) is 0 Å². The van der Waals surface area contributed by atoms with Gasteiger partial charge in [0.25, 0.3) is 23.6 Å². The summed E-state index contributed by atoms with van der Waals surface area (Å²) in [7, 11) is 1.45. The number of unbranched alkanes of at least 4 members (excludes halogenated alkanes) is 4. The molecular weight excluding hydrogens is 1110 g/mol.